The van der Waals surface area contributed by atoms with Gasteiger partial charge in [-0.05, 0) is 80.4 Å². The summed E-state index contributed by atoms with van der Waals surface area (Å²) < 4.78 is 10.8. The Balaban J connectivity index is 0.000000278. The molecule has 0 aliphatic carbocycles. The maximum Gasteiger partial charge on any atom is 0.338 e. The van der Waals surface area contributed by atoms with E-state index in [2.05, 4.69) is 0 Å². The minimum atomic E-state index is -1.44. The first-order chi connectivity index (χ1) is 25.4. The van der Waals surface area contributed by atoms with Crippen LogP contribution in [0.3, 0.4) is 0 Å². The van der Waals surface area contributed by atoms with E-state index in [1.165, 1.54) is 32.9 Å². The molecule has 0 aromatic heterocycles. The maximum absolute atomic E-state index is 12.2. The first-order valence-electron chi connectivity index (χ1n) is 16.8. The Morgan fingerprint density at radius 2 is 0.981 bits per heavy atom. The average Bonchev–Trinajstić information content (AvgIpc) is 3.18. The number of esters is 1. The lowest BCUT2D eigenvalue weighted by Gasteiger charge is -2.15. The Hall–Kier alpha value is -6.51. The molecule has 0 saturated carbocycles. The van der Waals surface area contributed by atoms with Gasteiger partial charge in [0.1, 0.15) is 24.6 Å². The van der Waals surface area contributed by atoms with Crippen LogP contribution in [0.2, 0.25) is 0 Å². The summed E-state index contributed by atoms with van der Waals surface area (Å²) in [5.74, 6) is -0.429. The largest absolute Gasteiger partial charge is 0.490 e. The molecular formula is C45H40O8. The number of benzene rings is 5. The third-order valence-electron chi connectivity index (χ3n) is 7.69. The van der Waals surface area contributed by atoms with Gasteiger partial charge < -0.3 is 14.6 Å². The molecule has 8 heteroatoms. The number of ketones is 4. The van der Waals surface area contributed by atoms with Gasteiger partial charge in [-0.3, -0.25) is 19.2 Å². The average molecular weight is 709 g/mol. The standard InChI is InChI=1S/C28H26O6.C17H14O2/c1-28(2,32)26(30)22-13-15-24(16-14-22)33-18-19-34-27(31)23-11-8-20(9-12-23)10-17-25(29)21-6-4-3-5-7-21;1-13(18)15-10-7-14(8-11-15)9-12-17(19)16-5-3-2-4-6-16/h3-17,32H,18-19H2,1-2H3;2-12H,1H3/b17-10+;. The number of allylic oxidation sites excluding steroid dienone is 2. The van der Waals surface area contributed by atoms with Gasteiger partial charge in [-0.25, -0.2) is 4.79 Å². The van der Waals surface area contributed by atoms with Gasteiger partial charge in [-0.1, -0.05) is 109 Å². The fraction of sp³-hybridized carbons (Fsp3) is 0.133. The van der Waals surface area contributed by atoms with Crippen molar-refractivity contribution in [1.29, 1.82) is 0 Å². The van der Waals surface area contributed by atoms with Crippen LogP contribution >= 0.6 is 0 Å². The molecule has 5 rings (SSSR count). The van der Waals surface area contributed by atoms with E-state index >= 15 is 0 Å². The second-order valence-corrected chi connectivity index (χ2v) is 12.3. The van der Waals surface area contributed by atoms with Crippen molar-refractivity contribution in [3.8, 4) is 5.75 Å². The molecule has 1 N–H and O–H groups in total. The second-order valence-electron chi connectivity index (χ2n) is 12.3. The van der Waals surface area contributed by atoms with Crippen LogP contribution in [0, 0.1) is 0 Å². The summed E-state index contributed by atoms with van der Waals surface area (Å²) in [6, 6.07) is 38.4. The SMILES string of the molecule is CC(=O)c1ccc(C=CC(=O)c2ccccc2)cc1.CC(C)(O)C(=O)c1ccc(OCCOC(=O)c2ccc(/C=C/C(=O)c3ccccc3)cc2)cc1. The van der Waals surface area contributed by atoms with Crippen LogP contribution in [0.1, 0.15) is 83.7 Å². The lowest BCUT2D eigenvalue weighted by atomic mass is 9.97. The van der Waals surface area contributed by atoms with Gasteiger partial charge in [-0.15, -0.1) is 0 Å². The van der Waals surface area contributed by atoms with Gasteiger partial charge in [0, 0.05) is 22.3 Å². The third kappa shape index (κ3) is 12.6. The Morgan fingerprint density at radius 3 is 1.42 bits per heavy atom. The number of hydrogen-bond donors (Lipinski definition) is 1. The van der Waals surface area contributed by atoms with Crippen LogP contribution in [0.15, 0.2) is 146 Å². The van der Waals surface area contributed by atoms with E-state index in [1.54, 1.807) is 97.1 Å². The molecule has 0 aliphatic rings. The Kier molecular flexibility index (Phi) is 14.2. The summed E-state index contributed by atoms with van der Waals surface area (Å²) in [4.78, 5) is 59.4. The van der Waals surface area contributed by atoms with Crippen LogP contribution in [0.25, 0.3) is 12.2 Å². The Bertz CT molecular complexity index is 2050. The van der Waals surface area contributed by atoms with Gasteiger partial charge in [0.05, 0.1) is 5.56 Å². The molecule has 0 saturated heterocycles. The van der Waals surface area contributed by atoms with E-state index < -0.39 is 11.6 Å². The summed E-state index contributed by atoms with van der Waals surface area (Å²) >= 11 is 0. The number of ether oxygens (including phenoxy) is 2. The monoisotopic (exact) mass is 708 g/mol. The Morgan fingerprint density at radius 1 is 0.547 bits per heavy atom. The van der Waals surface area contributed by atoms with Crippen molar-refractivity contribution in [2.24, 2.45) is 0 Å². The highest BCUT2D eigenvalue weighted by molar-refractivity contribution is 6.07. The molecule has 5 aromatic rings. The summed E-state index contributed by atoms with van der Waals surface area (Å²) in [6.07, 6.45) is 6.48. The molecular weight excluding hydrogens is 668 g/mol. The Labute approximate surface area is 309 Å². The van der Waals surface area contributed by atoms with Gasteiger partial charge >= 0.3 is 5.97 Å². The number of carbonyl (C=O) groups is 5. The van der Waals surface area contributed by atoms with Crippen LogP contribution in [-0.2, 0) is 4.74 Å². The van der Waals surface area contributed by atoms with Crippen LogP contribution < -0.4 is 4.74 Å². The maximum atomic E-state index is 12.2. The fourth-order valence-corrected chi connectivity index (χ4v) is 4.73. The van der Waals surface area contributed by atoms with Gasteiger partial charge in [0.2, 0.25) is 0 Å². The van der Waals surface area contributed by atoms with E-state index in [9.17, 15) is 29.1 Å². The van der Waals surface area contributed by atoms with E-state index in [1.807, 2.05) is 48.5 Å². The quantitative estimate of drug-likeness (QED) is 0.0527. The molecule has 0 spiro atoms. The zero-order valence-electron chi connectivity index (χ0n) is 29.7. The van der Waals surface area contributed by atoms with Crippen molar-refractivity contribution in [2.75, 3.05) is 13.2 Å². The van der Waals surface area contributed by atoms with E-state index in [0.29, 0.717) is 33.6 Å². The molecule has 5 aromatic carbocycles. The molecule has 0 unspecified atom stereocenters. The highest BCUT2D eigenvalue weighted by Crippen LogP contribution is 2.17. The zero-order valence-corrected chi connectivity index (χ0v) is 29.7. The minimum absolute atomic E-state index is 0.0313. The number of carbonyl (C=O) groups excluding carboxylic acids is 5. The molecule has 0 aliphatic heterocycles. The van der Waals surface area contributed by atoms with Crippen molar-refractivity contribution >= 4 is 41.3 Å². The van der Waals surface area contributed by atoms with E-state index in [-0.39, 0.29) is 36.3 Å². The van der Waals surface area contributed by atoms with Crippen LogP contribution in [-0.4, -0.2) is 53.0 Å². The number of rotatable bonds is 14. The molecule has 0 bridgehead atoms. The molecule has 8 nitrogen and oxygen atoms in total. The highest BCUT2D eigenvalue weighted by atomic mass is 16.6. The molecule has 0 amide bonds. The molecule has 0 radical (unpaired) electrons. The molecule has 53 heavy (non-hydrogen) atoms. The highest BCUT2D eigenvalue weighted by Gasteiger charge is 2.25. The van der Waals surface area contributed by atoms with E-state index in [0.717, 1.165) is 11.1 Å². The summed E-state index contributed by atoms with van der Waals surface area (Å²) in [7, 11) is 0. The topological polar surface area (TPSA) is 124 Å². The summed E-state index contributed by atoms with van der Waals surface area (Å²) in [6.45, 7) is 4.60. The lowest BCUT2D eigenvalue weighted by Crippen LogP contribution is -2.30. The first-order valence-corrected chi connectivity index (χ1v) is 16.8. The van der Waals surface area contributed by atoms with Gasteiger partial charge in [0.25, 0.3) is 0 Å². The van der Waals surface area contributed by atoms with Gasteiger partial charge in [0.15, 0.2) is 23.1 Å². The number of Topliss-reactive ketones (excluding diaryl/α,β-unsaturated/α-hetero) is 2. The zero-order chi connectivity index (χ0) is 38.2. The van der Waals surface area contributed by atoms with Crippen molar-refractivity contribution in [1.82, 2.24) is 0 Å². The fourth-order valence-electron chi connectivity index (χ4n) is 4.73. The summed E-state index contributed by atoms with van der Waals surface area (Å²) in [5, 5.41) is 9.79. The lowest BCUT2D eigenvalue weighted by molar-refractivity contribution is 0.0449. The second kappa shape index (κ2) is 19.2. The van der Waals surface area contributed by atoms with Crippen LogP contribution in [0.5, 0.6) is 5.75 Å². The molecule has 0 heterocycles. The third-order valence-corrected chi connectivity index (χ3v) is 7.69. The van der Waals surface area contributed by atoms with Crippen molar-refractivity contribution in [3.63, 3.8) is 0 Å². The molecule has 0 atom stereocenters. The normalized spacial score (nSPS) is 11.0. The van der Waals surface area contributed by atoms with Crippen molar-refractivity contribution in [2.45, 2.75) is 26.4 Å². The predicted octanol–water partition coefficient (Wildman–Crippen LogP) is 8.56. The predicted molar refractivity (Wildman–Crippen MR) is 205 cm³/mol. The van der Waals surface area contributed by atoms with Crippen molar-refractivity contribution < 1.29 is 38.6 Å². The molecule has 268 valence electrons. The number of hydrogen-bond acceptors (Lipinski definition) is 8. The van der Waals surface area contributed by atoms with Gasteiger partial charge in [-0.2, -0.15) is 0 Å². The number of aliphatic hydroxyl groups is 1. The first kappa shape index (κ1) is 39.3. The van der Waals surface area contributed by atoms with E-state index in [4.69, 9.17) is 9.47 Å². The molecule has 0 fully saturated rings. The smallest absolute Gasteiger partial charge is 0.338 e. The van der Waals surface area contributed by atoms with Crippen molar-refractivity contribution in [3.05, 3.63) is 185 Å². The summed E-state index contributed by atoms with van der Waals surface area (Å²) in [5.41, 5.74) is 2.97. The minimum Gasteiger partial charge on any atom is -0.490 e. The van der Waals surface area contributed by atoms with Crippen LogP contribution in [0.4, 0.5) is 0 Å².